The topological polar surface area (TPSA) is 96.9 Å². The van der Waals surface area contributed by atoms with Gasteiger partial charge < -0.3 is 25.2 Å². The first-order valence-corrected chi connectivity index (χ1v) is 6.38. The Hall–Kier alpha value is -1.18. The summed E-state index contributed by atoms with van der Waals surface area (Å²) in [6, 6.07) is 0. The maximum absolute atomic E-state index is 11.2. The molecule has 0 unspecified atom stereocenters. The molecule has 3 N–H and O–H groups in total. The summed E-state index contributed by atoms with van der Waals surface area (Å²) in [7, 11) is 0. The average Bonchev–Trinajstić information content (AvgIpc) is 2.39. The third-order valence-corrected chi connectivity index (χ3v) is 2.15. The molecular weight excluding hydrogens is 252 g/mol. The Kier molecular flexibility index (Phi) is 11.1. The minimum absolute atomic E-state index is 0.0134. The SMILES string of the molecule is CC(C)C(=O)NCCOCCOCCNC(=O)CO. The third-order valence-electron chi connectivity index (χ3n) is 2.15. The molecule has 0 spiro atoms. The van der Waals surface area contributed by atoms with Gasteiger partial charge in [-0.25, -0.2) is 0 Å². The van der Waals surface area contributed by atoms with E-state index in [-0.39, 0.29) is 11.8 Å². The smallest absolute Gasteiger partial charge is 0.245 e. The molecule has 7 heteroatoms. The van der Waals surface area contributed by atoms with Crippen molar-refractivity contribution in [3.05, 3.63) is 0 Å². The molecule has 0 aliphatic carbocycles. The first-order valence-electron chi connectivity index (χ1n) is 6.38. The number of hydrogen-bond acceptors (Lipinski definition) is 5. The van der Waals surface area contributed by atoms with Gasteiger partial charge in [0.25, 0.3) is 0 Å². The summed E-state index contributed by atoms with van der Waals surface area (Å²) in [4.78, 5) is 21.8. The molecule has 0 aromatic heterocycles. The van der Waals surface area contributed by atoms with Crippen molar-refractivity contribution < 1.29 is 24.2 Å². The van der Waals surface area contributed by atoms with Crippen LogP contribution in [0.4, 0.5) is 0 Å². The van der Waals surface area contributed by atoms with Gasteiger partial charge in [-0.15, -0.1) is 0 Å². The molecule has 112 valence electrons. The Labute approximate surface area is 113 Å². The van der Waals surface area contributed by atoms with Gasteiger partial charge in [-0.2, -0.15) is 0 Å². The number of carbonyl (C=O) groups is 2. The van der Waals surface area contributed by atoms with Crippen LogP contribution in [0, 0.1) is 5.92 Å². The average molecular weight is 276 g/mol. The molecule has 19 heavy (non-hydrogen) atoms. The van der Waals surface area contributed by atoms with Crippen molar-refractivity contribution in [2.24, 2.45) is 5.92 Å². The zero-order valence-corrected chi connectivity index (χ0v) is 11.6. The Balaban J connectivity index is 3.15. The minimum Gasteiger partial charge on any atom is -0.387 e. The van der Waals surface area contributed by atoms with Crippen LogP contribution in [0.1, 0.15) is 13.8 Å². The molecule has 0 saturated heterocycles. The fourth-order valence-corrected chi connectivity index (χ4v) is 1.09. The lowest BCUT2D eigenvalue weighted by molar-refractivity contribution is -0.125. The molecule has 2 amide bonds. The molecule has 0 aromatic carbocycles. The number of aliphatic hydroxyl groups is 1. The van der Waals surface area contributed by atoms with Crippen LogP contribution >= 0.6 is 0 Å². The van der Waals surface area contributed by atoms with Gasteiger partial charge in [-0.05, 0) is 0 Å². The summed E-state index contributed by atoms with van der Waals surface area (Å²) in [6.45, 7) is 5.69. The lowest BCUT2D eigenvalue weighted by atomic mass is 10.2. The largest absolute Gasteiger partial charge is 0.387 e. The van der Waals surface area contributed by atoms with Crippen LogP contribution in [0.3, 0.4) is 0 Å². The van der Waals surface area contributed by atoms with Crippen LogP contribution in [0.5, 0.6) is 0 Å². The summed E-state index contributed by atoms with van der Waals surface area (Å²) in [5.41, 5.74) is 0. The maximum atomic E-state index is 11.2. The van der Waals surface area contributed by atoms with Gasteiger partial charge in [0.1, 0.15) is 6.61 Å². The highest BCUT2D eigenvalue weighted by Gasteiger charge is 2.04. The van der Waals surface area contributed by atoms with Crippen molar-refractivity contribution in [2.45, 2.75) is 13.8 Å². The zero-order chi connectivity index (χ0) is 14.5. The fourth-order valence-electron chi connectivity index (χ4n) is 1.09. The highest BCUT2D eigenvalue weighted by Crippen LogP contribution is 1.89. The van der Waals surface area contributed by atoms with Gasteiger partial charge in [0, 0.05) is 19.0 Å². The number of carbonyl (C=O) groups excluding carboxylic acids is 2. The number of ether oxygens (including phenoxy) is 2. The van der Waals surface area contributed by atoms with Crippen molar-refractivity contribution in [3.8, 4) is 0 Å². The van der Waals surface area contributed by atoms with Gasteiger partial charge >= 0.3 is 0 Å². The van der Waals surface area contributed by atoms with Crippen molar-refractivity contribution in [2.75, 3.05) is 46.1 Å². The van der Waals surface area contributed by atoms with Gasteiger partial charge in [0.15, 0.2) is 0 Å². The summed E-state index contributed by atoms with van der Waals surface area (Å²) < 4.78 is 10.4. The number of hydrogen-bond donors (Lipinski definition) is 3. The normalized spacial score (nSPS) is 10.5. The van der Waals surface area contributed by atoms with Crippen LogP contribution in [-0.2, 0) is 19.1 Å². The van der Waals surface area contributed by atoms with Crippen LogP contribution in [-0.4, -0.2) is 63.0 Å². The summed E-state index contributed by atoms with van der Waals surface area (Å²) >= 11 is 0. The van der Waals surface area contributed by atoms with E-state index in [1.807, 2.05) is 13.8 Å². The zero-order valence-electron chi connectivity index (χ0n) is 11.6. The van der Waals surface area contributed by atoms with E-state index in [2.05, 4.69) is 10.6 Å². The summed E-state index contributed by atoms with van der Waals surface area (Å²) in [5, 5.41) is 13.6. The molecule has 0 aliphatic rings. The van der Waals surface area contributed by atoms with Gasteiger partial charge in [-0.3, -0.25) is 9.59 Å². The highest BCUT2D eigenvalue weighted by atomic mass is 16.5. The van der Waals surface area contributed by atoms with E-state index >= 15 is 0 Å². The van der Waals surface area contributed by atoms with Gasteiger partial charge in [0.05, 0.1) is 26.4 Å². The van der Waals surface area contributed by atoms with E-state index in [0.717, 1.165) is 0 Å². The van der Waals surface area contributed by atoms with E-state index < -0.39 is 12.5 Å². The first kappa shape index (κ1) is 17.8. The summed E-state index contributed by atoms with van der Waals surface area (Å²) in [6.07, 6.45) is 0. The predicted molar refractivity (Wildman–Crippen MR) is 69.6 cm³/mol. The fraction of sp³-hybridized carbons (Fsp3) is 0.833. The third kappa shape index (κ3) is 11.6. The Morgan fingerprint density at radius 1 is 1.00 bits per heavy atom. The van der Waals surface area contributed by atoms with Crippen LogP contribution in [0.15, 0.2) is 0 Å². The Morgan fingerprint density at radius 2 is 1.53 bits per heavy atom. The molecule has 0 radical (unpaired) electrons. The molecule has 0 rings (SSSR count). The maximum Gasteiger partial charge on any atom is 0.245 e. The second-order valence-electron chi connectivity index (χ2n) is 4.18. The van der Waals surface area contributed by atoms with Gasteiger partial charge in [0.2, 0.25) is 11.8 Å². The minimum atomic E-state index is -0.509. The van der Waals surface area contributed by atoms with E-state index in [1.54, 1.807) is 0 Å². The summed E-state index contributed by atoms with van der Waals surface area (Å²) in [5.74, 6) is -0.419. The van der Waals surface area contributed by atoms with Crippen molar-refractivity contribution in [1.29, 1.82) is 0 Å². The monoisotopic (exact) mass is 276 g/mol. The second-order valence-corrected chi connectivity index (χ2v) is 4.18. The van der Waals surface area contributed by atoms with Crippen molar-refractivity contribution >= 4 is 11.8 Å². The van der Waals surface area contributed by atoms with E-state index in [4.69, 9.17) is 14.6 Å². The number of nitrogens with one attached hydrogen (secondary N) is 2. The standard InChI is InChI=1S/C12H24N2O5/c1-10(2)12(17)14-4-6-19-8-7-18-5-3-13-11(16)9-15/h10,15H,3-9H2,1-2H3,(H,13,16)(H,14,17). The van der Waals surface area contributed by atoms with Crippen LogP contribution in [0.25, 0.3) is 0 Å². The van der Waals surface area contributed by atoms with Gasteiger partial charge in [-0.1, -0.05) is 13.8 Å². The lowest BCUT2D eigenvalue weighted by Gasteiger charge is -2.08. The molecule has 0 fully saturated rings. The number of amides is 2. The Bertz CT molecular complexity index is 259. The lowest BCUT2D eigenvalue weighted by Crippen LogP contribution is -2.31. The number of aliphatic hydroxyl groups excluding tert-OH is 1. The van der Waals surface area contributed by atoms with E-state index in [1.165, 1.54) is 0 Å². The van der Waals surface area contributed by atoms with E-state index in [9.17, 15) is 9.59 Å². The van der Waals surface area contributed by atoms with Crippen LogP contribution in [0.2, 0.25) is 0 Å². The van der Waals surface area contributed by atoms with Crippen molar-refractivity contribution in [1.82, 2.24) is 10.6 Å². The molecule has 0 atom stereocenters. The molecule has 0 aliphatic heterocycles. The quantitative estimate of drug-likeness (QED) is 0.416. The number of rotatable bonds is 11. The molecule has 0 heterocycles. The molecule has 7 nitrogen and oxygen atoms in total. The molecule has 0 saturated carbocycles. The van der Waals surface area contributed by atoms with Crippen molar-refractivity contribution in [3.63, 3.8) is 0 Å². The predicted octanol–water partition coefficient (Wildman–Crippen LogP) is -1.10. The first-order chi connectivity index (χ1) is 9.07. The molecule has 0 aromatic rings. The van der Waals surface area contributed by atoms with E-state index in [0.29, 0.717) is 39.5 Å². The second kappa shape index (κ2) is 11.9. The Morgan fingerprint density at radius 3 is 2.00 bits per heavy atom. The molecular formula is C12H24N2O5. The molecule has 0 bridgehead atoms. The highest BCUT2D eigenvalue weighted by molar-refractivity contribution is 5.77. The van der Waals surface area contributed by atoms with Crippen LogP contribution < -0.4 is 10.6 Å².